The fourth-order valence-electron chi connectivity index (χ4n) is 0.473. The maximum Gasteiger partial charge on any atom is 0.0252 e. The summed E-state index contributed by atoms with van der Waals surface area (Å²) in [5, 5.41) is 0. The quantitative estimate of drug-likeness (QED) is 0.549. The van der Waals surface area contributed by atoms with E-state index in [9.17, 15) is 0 Å². The third kappa shape index (κ3) is 3.76. The Bertz CT molecular complexity index is 37.1. The lowest BCUT2D eigenvalue weighted by atomic mass is 10.2. The number of hydrogen-bond acceptors (Lipinski definition) is 1. The minimum Gasteiger partial charge on any atom is -0.326 e. The molecular weight excluding hydrogens is 88.1 g/mol. The highest BCUT2D eigenvalue weighted by Crippen LogP contribution is 1.88. The molecule has 0 bridgehead atoms. The van der Waals surface area contributed by atoms with Crippen LogP contribution in [-0.2, 0) is 0 Å². The minimum absolute atomic E-state index is 0.116. The molecule has 43 valence electrons. The largest absolute Gasteiger partial charge is 0.326 e. The Labute approximate surface area is 44.9 Å². The molecule has 1 atom stereocenters. The van der Waals surface area contributed by atoms with Gasteiger partial charge in [-0.05, 0) is 6.42 Å². The van der Waals surface area contributed by atoms with E-state index in [0.717, 1.165) is 12.8 Å². The molecule has 0 fully saturated rings. The summed E-state index contributed by atoms with van der Waals surface area (Å²) in [6, 6.07) is 0.116. The Morgan fingerprint density at radius 2 is 2.29 bits per heavy atom. The highest BCUT2D eigenvalue weighted by molar-refractivity contribution is 4.57. The maximum absolute atomic E-state index is 6.79. The van der Waals surface area contributed by atoms with Gasteiger partial charge in [-0.2, -0.15) is 0 Å². The van der Waals surface area contributed by atoms with Gasteiger partial charge in [-0.3, -0.25) is 5.73 Å². The first-order valence-corrected chi connectivity index (χ1v) is 2.71. The molecule has 2 heteroatoms. The average Bonchev–Trinajstić information content (AvgIpc) is 1.68. The van der Waals surface area contributed by atoms with E-state index >= 15 is 0 Å². The predicted molar refractivity (Wildman–Crippen MR) is 30.8 cm³/mol. The van der Waals surface area contributed by atoms with E-state index in [2.05, 4.69) is 6.92 Å². The van der Waals surface area contributed by atoms with Crippen LogP contribution in [-0.4, -0.2) is 12.6 Å². The molecule has 2 nitrogen and oxygen atoms in total. The van der Waals surface area contributed by atoms with E-state index in [1.54, 1.807) is 0 Å². The molecule has 0 aliphatic carbocycles. The lowest BCUT2D eigenvalue weighted by molar-refractivity contribution is 0.605. The molecule has 0 saturated heterocycles. The van der Waals surface area contributed by atoms with Crippen molar-refractivity contribution in [1.82, 2.24) is 5.73 Å². The van der Waals surface area contributed by atoms with Crippen LogP contribution in [0.25, 0.3) is 0 Å². The molecular formula is C5H13N2. The second-order valence-corrected chi connectivity index (χ2v) is 1.75. The summed E-state index contributed by atoms with van der Waals surface area (Å²) in [6.45, 7) is 2.45. The first kappa shape index (κ1) is 6.92. The summed E-state index contributed by atoms with van der Waals surface area (Å²) in [5.74, 6) is 0. The molecule has 0 rings (SSSR count). The van der Waals surface area contributed by atoms with Crippen molar-refractivity contribution in [2.24, 2.45) is 5.73 Å². The fourth-order valence-corrected chi connectivity index (χ4v) is 0.473. The highest BCUT2D eigenvalue weighted by atomic mass is 14.7. The molecule has 0 heterocycles. The molecule has 0 aliphatic rings. The van der Waals surface area contributed by atoms with Crippen LogP contribution in [0, 0.1) is 0 Å². The van der Waals surface area contributed by atoms with E-state index in [-0.39, 0.29) is 6.04 Å². The lowest BCUT2D eigenvalue weighted by Gasteiger charge is -2.02. The van der Waals surface area contributed by atoms with Crippen LogP contribution in [0.2, 0.25) is 0 Å². The Balaban J connectivity index is 2.83. The van der Waals surface area contributed by atoms with Gasteiger partial charge in [-0.1, -0.05) is 13.3 Å². The van der Waals surface area contributed by atoms with Gasteiger partial charge in [0.05, 0.1) is 0 Å². The standard InChI is InChI=1S/C5H13N2/c1-2-3-5(7)4-6/h5-6H,2-4,7H2,1H3. The zero-order valence-corrected chi connectivity index (χ0v) is 4.78. The smallest absolute Gasteiger partial charge is 0.0252 e. The summed E-state index contributed by atoms with van der Waals surface area (Å²) < 4.78 is 0. The van der Waals surface area contributed by atoms with Crippen molar-refractivity contribution < 1.29 is 0 Å². The van der Waals surface area contributed by atoms with E-state index in [4.69, 9.17) is 11.5 Å². The normalized spacial score (nSPS) is 14.1. The third-order valence-corrected chi connectivity index (χ3v) is 0.922. The molecule has 1 unspecified atom stereocenters. The topological polar surface area (TPSA) is 49.8 Å². The SMILES string of the molecule is CCCC(N)C[NH]. The van der Waals surface area contributed by atoms with E-state index < -0.39 is 0 Å². The van der Waals surface area contributed by atoms with Gasteiger partial charge >= 0.3 is 0 Å². The zero-order valence-electron chi connectivity index (χ0n) is 4.78. The summed E-state index contributed by atoms with van der Waals surface area (Å²) in [5.41, 5.74) is 12.2. The Hall–Kier alpha value is -0.0800. The molecule has 0 spiro atoms. The van der Waals surface area contributed by atoms with Gasteiger partial charge in [0, 0.05) is 12.6 Å². The molecule has 3 N–H and O–H groups in total. The summed E-state index contributed by atoms with van der Waals surface area (Å²) in [7, 11) is 0. The molecule has 0 aromatic carbocycles. The van der Waals surface area contributed by atoms with E-state index in [1.807, 2.05) is 0 Å². The van der Waals surface area contributed by atoms with Crippen LogP contribution in [0.4, 0.5) is 0 Å². The number of nitrogens with two attached hydrogens (primary N) is 1. The first-order chi connectivity index (χ1) is 3.31. The summed E-state index contributed by atoms with van der Waals surface area (Å²) in [6.07, 6.45) is 2.09. The monoisotopic (exact) mass is 101 g/mol. The molecule has 0 amide bonds. The summed E-state index contributed by atoms with van der Waals surface area (Å²) in [4.78, 5) is 0. The lowest BCUT2D eigenvalue weighted by Crippen LogP contribution is -2.24. The highest BCUT2D eigenvalue weighted by Gasteiger charge is 1.93. The fraction of sp³-hybridized carbons (Fsp3) is 1.00. The van der Waals surface area contributed by atoms with E-state index in [1.165, 1.54) is 0 Å². The Morgan fingerprint density at radius 1 is 1.71 bits per heavy atom. The zero-order chi connectivity index (χ0) is 5.70. The van der Waals surface area contributed by atoms with Crippen LogP contribution in [0.5, 0.6) is 0 Å². The third-order valence-electron chi connectivity index (χ3n) is 0.922. The van der Waals surface area contributed by atoms with Crippen LogP contribution in [0.3, 0.4) is 0 Å². The van der Waals surface area contributed by atoms with Gasteiger partial charge in [0.15, 0.2) is 0 Å². The molecule has 0 aromatic heterocycles. The van der Waals surface area contributed by atoms with Gasteiger partial charge in [0.2, 0.25) is 0 Å². The Kier molecular flexibility index (Phi) is 4.04. The van der Waals surface area contributed by atoms with Crippen molar-refractivity contribution in [2.75, 3.05) is 6.54 Å². The van der Waals surface area contributed by atoms with Gasteiger partial charge in [0.25, 0.3) is 0 Å². The van der Waals surface area contributed by atoms with Gasteiger partial charge in [0.1, 0.15) is 0 Å². The van der Waals surface area contributed by atoms with Gasteiger partial charge in [-0.15, -0.1) is 0 Å². The van der Waals surface area contributed by atoms with Crippen molar-refractivity contribution >= 4 is 0 Å². The van der Waals surface area contributed by atoms with Gasteiger partial charge < -0.3 is 5.73 Å². The minimum atomic E-state index is 0.116. The van der Waals surface area contributed by atoms with Gasteiger partial charge in [-0.25, -0.2) is 0 Å². The van der Waals surface area contributed by atoms with Crippen molar-refractivity contribution in [1.29, 1.82) is 0 Å². The van der Waals surface area contributed by atoms with Crippen molar-refractivity contribution in [3.05, 3.63) is 0 Å². The average molecular weight is 101 g/mol. The number of nitrogens with one attached hydrogen (secondary N) is 1. The molecule has 0 aliphatic heterocycles. The van der Waals surface area contributed by atoms with Crippen LogP contribution in [0.1, 0.15) is 19.8 Å². The molecule has 7 heavy (non-hydrogen) atoms. The molecule has 0 aromatic rings. The maximum atomic E-state index is 6.79. The van der Waals surface area contributed by atoms with Crippen molar-refractivity contribution in [2.45, 2.75) is 25.8 Å². The molecule has 1 radical (unpaired) electrons. The van der Waals surface area contributed by atoms with E-state index in [0.29, 0.717) is 6.54 Å². The summed E-state index contributed by atoms with van der Waals surface area (Å²) >= 11 is 0. The van der Waals surface area contributed by atoms with Crippen molar-refractivity contribution in [3.63, 3.8) is 0 Å². The molecule has 0 saturated carbocycles. The van der Waals surface area contributed by atoms with Crippen molar-refractivity contribution in [3.8, 4) is 0 Å². The second-order valence-electron chi connectivity index (χ2n) is 1.75. The van der Waals surface area contributed by atoms with Crippen LogP contribution >= 0.6 is 0 Å². The number of hydrogen-bond donors (Lipinski definition) is 1. The predicted octanol–water partition coefficient (Wildman–Crippen LogP) is 0.397. The van der Waals surface area contributed by atoms with Crippen LogP contribution in [0.15, 0.2) is 0 Å². The first-order valence-electron chi connectivity index (χ1n) is 2.71. The number of rotatable bonds is 3. The Morgan fingerprint density at radius 3 is 2.43 bits per heavy atom. The second kappa shape index (κ2) is 4.09. The van der Waals surface area contributed by atoms with Crippen LogP contribution < -0.4 is 11.5 Å².